The molecule has 2 nitrogen and oxygen atoms in total. The van der Waals surface area contributed by atoms with Gasteiger partial charge in [-0.05, 0) is 31.5 Å². The quantitative estimate of drug-likeness (QED) is 0.809. The van der Waals surface area contributed by atoms with Crippen LogP contribution < -0.4 is 0 Å². The molecule has 84 valence electrons. The molecule has 1 aliphatic heterocycles. The number of halogens is 1. The van der Waals surface area contributed by atoms with Crippen LogP contribution >= 0.6 is 22.9 Å². The molecular weight excluding hydrogens is 230 g/mol. The SMILES string of the molecule is Clc1ccc(CCCN2CCOCC2)s1. The Morgan fingerprint density at radius 2 is 2.13 bits per heavy atom. The summed E-state index contributed by atoms with van der Waals surface area (Å²) in [6, 6.07) is 4.11. The zero-order valence-electron chi connectivity index (χ0n) is 8.75. The minimum Gasteiger partial charge on any atom is -0.379 e. The first-order chi connectivity index (χ1) is 7.34. The van der Waals surface area contributed by atoms with Crippen LogP contribution in [0.5, 0.6) is 0 Å². The second kappa shape index (κ2) is 5.85. The van der Waals surface area contributed by atoms with E-state index in [0.717, 1.165) is 37.1 Å². The summed E-state index contributed by atoms with van der Waals surface area (Å²) in [4.78, 5) is 3.87. The molecular formula is C11H16ClNOS. The molecule has 0 aliphatic carbocycles. The molecule has 1 fully saturated rings. The van der Waals surface area contributed by atoms with E-state index in [4.69, 9.17) is 16.3 Å². The Morgan fingerprint density at radius 1 is 1.33 bits per heavy atom. The summed E-state index contributed by atoms with van der Waals surface area (Å²) < 4.78 is 6.21. The number of nitrogens with zero attached hydrogens (tertiary/aromatic N) is 1. The lowest BCUT2D eigenvalue weighted by Crippen LogP contribution is -2.36. The van der Waals surface area contributed by atoms with E-state index in [2.05, 4.69) is 11.0 Å². The van der Waals surface area contributed by atoms with Crippen LogP contribution in [0.4, 0.5) is 0 Å². The maximum absolute atomic E-state index is 5.88. The molecule has 0 spiro atoms. The largest absolute Gasteiger partial charge is 0.379 e. The van der Waals surface area contributed by atoms with Gasteiger partial charge in [0.15, 0.2) is 0 Å². The minimum absolute atomic E-state index is 0.894. The highest BCUT2D eigenvalue weighted by molar-refractivity contribution is 7.16. The third kappa shape index (κ3) is 3.76. The molecule has 0 bridgehead atoms. The van der Waals surface area contributed by atoms with E-state index >= 15 is 0 Å². The van der Waals surface area contributed by atoms with Gasteiger partial charge in [0.1, 0.15) is 0 Å². The number of morpholine rings is 1. The summed E-state index contributed by atoms with van der Waals surface area (Å²) in [5, 5.41) is 0. The van der Waals surface area contributed by atoms with Crippen molar-refractivity contribution >= 4 is 22.9 Å². The van der Waals surface area contributed by atoms with Gasteiger partial charge in [0.2, 0.25) is 0 Å². The van der Waals surface area contributed by atoms with Crippen molar-refractivity contribution in [2.75, 3.05) is 32.8 Å². The van der Waals surface area contributed by atoms with E-state index < -0.39 is 0 Å². The van der Waals surface area contributed by atoms with E-state index in [0.29, 0.717) is 0 Å². The molecule has 0 radical (unpaired) electrons. The lowest BCUT2D eigenvalue weighted by molar-refractivity contribution is 0.0375. The van der Waals surface area contributed by atoms with Crippen molar-refractivity contribution in [3.05, 3.63) is 21.3 Å². The number of rotatable bonds is 4. The summed E-state index contributed by atoms with van der Waals surface area (Å²) in [6.07, 6.45) is 2.37. The molecule has 1 aromatic heterocycles. The maximum Gasteiger partial charge on any atom is 0.0931 e. The molecule has 0 N–H and O–H groups in total. The third-order valence-corrected chi connectivity index (χ3v) is 3.92. The van der Waals surface area contributed by atoms with Gasteiger partial charge in [0.25, 0.3) is 0 Å². The molecule has 1 aromatic rings. The summed E-state index contributed by atoms with van der Waals surface area (Å²) in [5.41, 5.74) is 0. The number of aryl methyl sites for hydroxylation is 1. The first-order valence-electron chi connectivity index (χ1n) is 5.39. The van der Waals surface area contributed by atoms with Crippen LogP contribution in [0.15, 0.2) is 12.1 Å². The van der Waals surface area contributed by atoms with Gasteiger partial charge >= 0.3 is 0 Å². The molecule has 15 heavy (non-hydrogen) atoms. The Kier molecular flexibility index (Phi) is 4.44. The second-order valence-electron chi connectivity index (χ2n) is 3.76. The summed E-state index contributed by atoms with van der Waals surface area (Å²) in [6.45, 7) is 5.14. The Morgan fingerprint density at radius 3 is 2.80 bits per heavy atom. The normalized spacial score (nSPS) is 18.2. The van der Waals surface area contributed by atoms with Crippen LogP contribution in [0.25, 0.3) is 0 Å². The van der Waals surface area contributed by atoms with Crippen molar-refractivity contribution in [1.29, 1.82) is 0 Å². The van der Waals surface area contributed by atoms with Crippen molar-refractivity contribution in [3.63, 3.8) is 0 Å². The molecule has 0 saturated carbocycles. The zero-order valence-corrected chi connectivity index (χ0v) is 10.3. The van der Waals surface area contributed by atoms with Crippen LogP contribution in [0, 0.1) is 0 Å². The van der Waals surface area contributed by atoms with Crippen LogP contribution in [0.1, 0.15) is 11.3 Å². The fourth-order valence-electron chi connectivity index (χ4n) is 1.79. The average molecular weight is 246 g/mol. The van der Waals surface area contributed by atoms with E-state index in [1.165, 1.54) is 17.8 Å². The smallest absolute Gasteiger partial charge is 0.0931 e. The third-order valence-electron chi connectivity index (χ3n) is 2.63. The number of ether oxygens (including phenoxy) is 1. The summed E-state index contributed by atoms with van der Waals surface area (Å²) in [7, 11) is 0. The summed E-state index contributed by atoms with van der Waals surface area (Å²) >= 11 is 7.58. The van der Waals surface area contributed by atoms with Crippen LogP contribution in [0.2, 0.25) is 4.34 Å². The van der Waals surface area contributed by atoms with Gasteiger partial charge < -0.3 is 4.74 Å². The van der Waals surface area contributed by atoms with Gasteiger partial charge in [-0.3, -0.25) is 4.90 Å². The van der Waals surface area contributed by atoms with Gasteiger partial charge in [-0.15, -0.1) is 11.3 Å². The van der Waals surface area contributed by atoms with E-state index in [1.807, 2.05) is 6.07 Å². The van der Waals surface area contributed by atoms with Gasteiger partial charge in [0.05, 0.1) is 17.6 Å². The van der Waals surface area contributed by atoms with Gasteiger partial charge in [-0.25, -0.2) is 0 Å². The Labute approximate surface area is 99.8 Å². The monoisotopic (exact) mass is 245 g/mol. The lowest BCUT2D eigenvalue weighted by atomic mass is 10.2. The predicted octanol–water partition coefficient (Wildman–Crippen LogP) is 2.67. The fraction of sp³-hybridized carbons (Fsp3) is 0.636. The van der Waals surface area contributed by atoms with Gasteiger partial charge in [-0.2, -0.15) is 0 Å². The highest BCUT2D eigenvalue weighted by Gasteiger charge is 2.09. The molecule has 0 aromatic carbocycles. The Hall–Kier alpha value is -0.0900. The first-order valence-corrected chi connectivity index (χ1v) is 6.58. The molecule has 0 unspecified atom stereocenters. The van der Waals surface area contributed by atoms with Crippen LogP contribution in [0.3, 0.4) is 0 Å². The number of hydrogen-bond donors (Lipinski definition) is 0. The topological polar surface area (TPSA) is 12.5 Å². The zero-order chi connectivity index (χ0) is 10.5. The first kappa shape index (κ1) is 11.4. The van der Waals surface area contributed by atoms with E-state index in [-0.39, 0.29) is 0 Å². The van der Waals surface area contributed by atoms with Crippen molar-refractivity contribution < 1.29 is 4.74 Å². The highest BCUT2D eigenvalue weighted by Crippen LogP contribution is 2.22. The fourth-order valence-corrected chi connectivity index (χ4v) is 2.92. The predicted molar refractivity (Wildman–Crippen MR) is 64.9 cm³/mol. The molecule has 2 heterocycles. The van der Waals surface area contributed by atoms with Crippen molar-refractivity contribution in [1.82, 2.24) is 4.90 Å². The van der Waals surface area contributed by atoms with Crippen LogP contribution in [-0.4, -0.2) is 37.7 Å². The molecule has 4 heteroatoms. The van der Waals surface area contributed by atoms with Gasteiger partial charge in [0, 0.05) is 18.0 Å². The number of hydrogen-bond acceptors (Lipinski definition) is 3. The van der Waals surface area contributed by atoms with Crippen molar-refractivity contribution in [3.8, 4) is 0 Å². The molecule has 2 rings (SSSR count). The Balaban J connectivity index is 1.65. The standard InChI is InChI=1S/C11H16ClNOS/c12-11-4-3-10(15-11)2-1-5-13-6-8-14-9-7-13/h3-4H,1-2,5-9H2. The average Bonchev–Trinajstić information content (AvgIpc) is 2.66. The maximum atomic E-state index is 5.88. The van der Waals surface area contributed by atoms with E-state index in [1.54, 1.807) is 11.3 Å². The molecule has 1 saturated heterocycles. The lowest BCUT2D eigenvalue weighted by Gasteiger charge is -2.26. The van der Waals surface area contributed by atoms with Crippen LogP contribution in [-0.2, 0) is 11.2 Å². The summed E-state index contributed by atoms with van der Waals surface area (Å²) in [5.74, 6) is 0. The molecule has 0 atom stereocenters. The van der Waals surface area contributed by atoms with Crippen molar-refractivity contribution in [2.45, 2.75) is 12.8 Å². The highest BCUT2D eigenvalue weighted by atomic mass is 35.5. The number of thiophene rings is 1. The minimum atomic E-state index is 0.894. The van der Waals surface area contributed by atoms with E-state index in [9.17, 15) is 0 Å². The van der Waals surface area contributed by atoms with Gasteiger partial charge in [-0.1, -0.05) is 11.6 Å². The Bertz CT molecular complexity index is 297. The second-order valence-corrected chi connectivity index (χ2v) is 5.56. The van der Waals surface area contributed by atoms with Crippen molar-refractivity contribution in [2.24, 2.45) is 0 Å². The molecule has 1 aliphatic rings. The molecule has 0 amide bonds.